The summed E-state index contributed by atoms with van der Waals surface area (Å²) in [5, 5.41) is 17.6. The largest absolute Gasteiger partial charge is 0.473 e. The summed E-state index contributed by atoms with van der Waals surface area (Å²) in [5.74, 6) is -3.08. The van der Waals surface area contributed by atoms with E-state index < -0.39 is 22.0 Å². The third kappa shape index (κ3) is 8.18. The zero-order valence-electron chi connectivity index (χ0n) is 16.7. The lowest BCUT2D eigenvalue weighted by Crippen LogP contribution is -2.39. The number of anilines is 1. The maximum absolute atomic E-state index is 12.1. The molecule has 0 aromatic heterocycles. The first-order chi connectivity index (χ1) is 13.4. The number of benzene rings is 1. The molecule has 2 rings (SSSR count). The van der Waals surface area contributed by atoms with Gasteiger partial charge in [0.2, 0.25) is 15.9 Å². The Hall–Kier alpha value is -2.50. The van der Waals surface area contributed by atoms with Gasteiger partial charge in [-0.25, -0.2) is 22.3 Å². The Balaban J connectivity index is 0.000000612. The zero-order chi connectivity index (χ0) is 22.2. The number of carbonyl (C=O) groups is 3. The van der Waals surface area contributed by atoms with Crippen molar-refractivity contribution < 1.29 is 33.0 Å². The van der Waals surface area contributed by atoms with Crippen molar-refractivity contribution in [3.8, 4) is 0 Å². The molecule has 0 spiro atoms. The molecule has 1 heterocycles. The second kappa shape index (κ2) is 10.9. The predicted molar refractivity (Wildman–Crippen MR) is 106 cm³/mol. The number of carbonyl (C=O) groups excluding carboxylic acids is 1. The van der Waals surface area contributed by atoms with Gasteiger partial charge in [-0.05, 0) is 49.6 Å². The van der Waals surface area contributed by atoms with Gasteiger partial charge in [0.05, 0.1) is 11.4 Å². The number of likely N-dealkylation sites (tertiary alicyclic amines) is 1. The summed E-state index contributed by atoms with van der Waals surface area (Å²) in [6.07, 6.45) is 2.35. The molecule has 1 aliphatic heterocycles. The van der Waals surface area contributed by atoms with E-state index >= 15 is 0 Å². The maximum atomic E-state index is 12.1. The zero-order valence-corrected chi connectivity index (χ0v) is 17.5. The van der Waals surface area contributed by atoms with Crippen LogP contribution in [-0.4, -0.2) is 79.4 Å². The molecule has 11 heteroatoms. The lowest BCUT2D eigenvalue weighted by atomic mass is 10.0. The summed E-state index contributed by atoms with van der Waals surface area (Å²) in [5.41, 5.74) is 0.609. The van der Waals surface area contributed by atoms with Crippen LogP contribution in [0.15, 0.2) is 29.2 Å². The van der Waals surface area contributed by atoms with Crippen molar-refractivity contribution in [1.82, 2.24) is 9.21 Å². The van der Waals surface area contributed by atoms with Crippen molar-refractivity contribution in [1.29, 1.82) is 0 Å². The summed E-state index contributed by atoms with van der Waals surface area (Å²) in [6, 6.07) is 6.25. The van der Waals surface area contributed by atoms with Crippen LogP contribution in [0.25, 0.3) is 0 Å². The van der Waals surface area contributed by atoms with Gasteiger partial charge in [0.25, 0.3) is 0 Å². The highest BCUT2D eigenvalue weighted by atomic mass is 32.2. The molecule has 162 valence electrons. The number of rotatable bonds is 5. The van der Waals surface area contributed by atoms with Crippen LogP contribution in [0.1, 0.15) is 19.8 Å². The Morgan fingerprint density at radius 3 is 2.14 bits per heavy atom. The monoisotopic (exact) mass is 429 g/mol. The molecule has 3 N–H and O–H groups in total. The maximum Gasteiger partial charge on any atom is 0.414 e. The fourth-order valence-electron chi connectivity index (χ4n) is 2.75. The Morgan fingerprint density at radius 2 is 1.69 bits per heavy atom. The number of amides is 1. The third-order valence-corrected chi connectivity index (χ3v) is 6.04. The summed E-state index contributed by atoms with van der Waals surface area (Å²) < 4.78 is 25.1. The SMILES string of the molecule is CC1CCCN(CC(=O)Nc2ccc(S(=O)(=O)N(C)C)cc2)C1.O=C(O)C(=O)O. The van der Waals surface area contributed by atoms with Gasteiger partial charge in [-0.15, -0.1) is 0 Å². The van der Waals surface area contributed by atoms with Gasteiger partial charge in [0.15, 0.2) is 0 Å². The fraction of sp³-hybridized carbons (Fsp3) is 0.500. The van der Waals surface area contributed by atoms with E-state index in [1.54, 1.807) is 12.1 Å². The average Bonchev–Trinajstić information content (AvgIpc) is 2.62. The van der Waals surface area contributed by atoms with Crippen molar-refractivity contribution in [3.63, 3.8) is 0 Å². The van der Waals surface area contributed by atoms with E-state index in [2.05, 4.69) is 17.1 Å². The highest BCUT2D eigenvalue weighted by Gasteiger charge is 2.19. The molecule has 1 saturated heterocycles. The van der Waals surface area contributed by atoms with Crippen LogP contribution in [0.4, 0.5) is 5.69 Å². The number of carboxylic acids is 2. The lowest BCUT2D eigenvalue weighted by molar-refractivity contribution is -0.159. The van der Waals surface area contributed by atoms with E-state index in [1.165, 1.54) is 32.6 Å². The van der Waals surface area contributed by atoms with E-state index in [0.29, 0.717) is 18.2 Å². The quantitative estimate of drug-likeness (QED) is 0.582. The van der Waals surface area contributed by atoms with Crippen LogP contribution in [-0.2, 0) is 24.4 Å². The molecule has 1 atom stereocenters. The lowest BCUT2D eigenvalue weighted by Gasteiger charge is -2.30. The van der Waals surface area contributed by atoms with Crippen LogP contribution in [0, 0.1) is 5.92 Å². The molecule has 0 saturated carbocycles. The van der Waals surface area contributed by atoms with Gasteiger partial charge in [-0.3, -0.25) is 9.69 Å². The minimum atomic E-state index is -3.44. The minimum Gasteiger partial charge on any atom is -0.473 e. The van der Waals surface area contributed by atoms with Crippen LogP contribution in [0.2, 0.25) is 0 Å². The van der Waals surface area contributed by atoms with Gasteiger partial charge < -0.3 is 15.5 Å². The normalized spacial score (nSPS) is 17.2. The highest BCUT2D eigenvalue weighted by molar-refractivity contribution is 7.89. The van der Waals surface area contributed by atoms with E-state index in [9.17, 15) is 13.2 Å². The summed E-state index contributed by atoms with van der Waals surface area (Å²) in [7, 11) is -0.457. The highest BCUT2D eigenvalue weighted by Crippen LogP contribution is 2.17. The summed E-state index contributed by atoms with van der Waals surface area (Å²) in [6.45, 7) is 4.49. The van der Waals surface area contributed by atoms with E-state index in [-0.39, 0.29) is 10.8 Å². The van der Waals surface area contributed by atoms with Crippen molar-refractivity contribution in [3.05, 3.63) is 24.3 Å². The molecule has 1 fully saturated rings. The van der Waals surface area contributed by atoms with E-state index in [4.69, 9.17) is 19.8 Å². The third-order valence-electron chi connectivity index (χ3n) is 4.21. The second-order valence-corrected chi connectivity index (χ2v) is 9.10. The number of carboxylic acid groups (broad SMARTS) is 2. The molecule has 1 aromatic carbocycles. The Bertz CT molecular complexity index is 810. The number of piperidine rings is 1. The summed E-state index contributed by atoms with van der Waals surface area (Å²) in [4.78, 5) is 32.7. The first kappa shape index (κ1) is 24.5. The van der Waals surface area contributed by atoms with Crippen molar-refractivity contribution in [2.45, 2.75) is 24.7 Å². The molecule has 1 aromatic rings. The minimum absolute atomic E-state index is 0.0673. The molecule has 0 bridgehead atoms. The van der Waals surface area contributed by atoms with Gasteiger partial charge in [0.1, 0.15) is 0 Å². The fourth-order valence-corrected chi connectivity index (χ4v) is 3.66. The first-order valence-corrected chi connectivity index (χ1v) is 10.4. The standard InChI is InChI=1S/C16H25N3O3S.C2H2O4/c1-13-5-4-10-19(11-13)12-16(20)17-14-6-8-15(9-7-14)23(21,22)18(2)3;3-1(4)2(5)6/h6-9,13H,4-5,10-12H2,1-3H3,(H,17,20);(H,3,4)(H,5,6). The molecular formula is C18H27N3O7S. The van der Waals surface area contributed by atoms with E-state index in [0.717, 1.165) is 23.8 Å². The Kier molecular flexibility index (Phi) is 9.21. The van der Waals surface area contributed by atoms with Crippen LogP contribution in [0.5, 0.6) is 0 Å². The number of hydrogen-bond donors (Lipinski definition) is 3. The molecule has 0 aliphatic carbocycles. The number of aliphatic carboxylic acids is 2. The van der Waals surface area contributed by atoms with Gasteiger partial charge in [0, 0.05) is 26.3 Å². The van der Waals surface area contributed by atoms with Crippen molar-refractivity contribution in [2.75, 3.05) is 39.0 Å². The number of hydrogen-bond acceptors (Lipinski definition) is 6. The molecule has 1 unspecified atom stereocenters. The number of nitrogens with zero attached hydrogens (tertiary/aromatic N) is 2. The van der Waals surface area contributed by atoms with Crippen molar-refractivity contribution >= 4 is 33.6 Å². The first-order valence-electron chi connectivity index (χ1n) is 8.94. The Morgan fingerprint density at radius 1 is 1.14 bits per heavy atom. The Labute approximate surface area is 170 Å². The second-order valence-electron chi connectivity index (χ2n) is 6.95. The molecule has 1 amide bonds. The van der Waals surface area contributed by atoms with Gasteiger partial charge in [-0.1, -0.05) is 6.92 Å². The smallest absolute Gasteiger partial charge is 0.414 e. The van der Waals surface area contributed by atoms with E-state index in [1.807, 2.05) is 0 Å². The topological polar surface area (TPSA) is 144 Å². The average molecular weight is 429 g/mol. The predicted octanol–water partition coefficient (Wildman–Crippen LogP) is 0.763. The van der Waals surface area contributed by atoms with Gasteiger partial charge >= 0.3 is 11.9 Å². The molecule has 1 aliphatic rings. The number of nitrogens with one attached hydrogen (secondary N) is 1. The van der Waals surface area contributed by atoms with Gasteiger partial charge in [-0.2, -0.15) is 0 Å². The molecule has 10 nitrogen and oxygen atoms in total. The molecular weight excluding hydrogens is 402 g/mol. The van der Waals surface area contributed by atoms with Crippen molar-refractivity contribution in [2.24, 2.45) is 5.92 Å². The summed E-state index contributed by atoms with van der Waals surface area (Å²) >= 11 is 0. The number of sulfonamides is 1. The molecule has 0 radical (unpaired) electrons. The van der Waals surface area contributed by atoms with Crippen LogP contribution in [0.3, 0.4) is 0 Å². The molecule has 29 heavy (non-hydrogen) atoms. The van der Waals surface area contributed by atoms with Crippen LogP contribution >= 0.6 is 0 Å². The van der Waals surface area contributed by atoms with Crippen LogP contribution < -0.4 is 5.32 Å².